The van der Waals surface area contributed by atoms with Crippen LogP contribution in [0.3, 0.4) is 0 Å². The highest BCUT2D eigenvalue weighted by atomic mass is 32.2. The SMILES string of the molecule is CN(C1CC1)S(=O)(=O)c1ccc(N)cc1F. The molecule has 0 aromatic heterocycles. The molecule has 0 atom stereocenters. The van der Waals surface area contributed by atoms with Gasteiger partial charge in [-0.25, -0.2) is 12.8 Å². The Morgan fingerprint density at radius 2 is 2.06 bits per heavy atom. The number of hydrogen-bond donors (Lipinski definition) is 1. The zero-order valence-electron chi connectivity index (χ0n) is 8.85. The summed E-state index contributed by atoms with van der Waals surface area (Å²) in [5, 5.41) is 0. The van der Waals surface area contributed by atoms with Crippen LogP contribution in [0.4, 0.5) is 10.1 Å². The second kappa shape index (κ2) is 3.71. The van der Waals surface area contributed by atoms with Crippen LogP contribution in [0.5, 0.6) is 0 Å². The molecule has 0 radical (unpaired) electrons. The van der Waals surface area contributed by atoms with Crippen LogP contribution in [0.25, 0.3) is 0 Å². The predicted octanol–water partition coefficient (Wildman–Crippen LogP) is 1.19. The third-order valence-corrected chi connectivity index (χ3v) is 4.62. The Labute approximate surface area is 93.9 Å². The van der Waals surface area contributed by atoms with Gasteiger partial charge in [0.25, 0.3) is 0 Å². The molecule has 0 amide bonds. The van der Waals surface area contributed by atoms with Crippen molar-refractivity contribution in [2.24, 2.45) is 0 Å². The first-order valence-electron chi connectivity index (χ1n) is 4.96. The summed E-state index contributed by atoms with van der Waals surface area (Å²) in [6, 6.07) is 3.63. The maximum Gasteiger partial charge on any atom is 0.245 e. The van der Waals surface area contributed by atoms with E-state index >= 15 is 0 Å². The third kappa shape index (κ3) is 1.90. The van der Waals surface area contributed by atoms with Gasteiger partial charge < -0.3 is 5.73 Å². The van der Waals surface area contributed by atoms with Gasteiger partial charge in [0, 0.05) is 18.8 Å². The monoisotopic (exact) mass is 244 g/mol. The molecule has 0 saturated heterocycles. The average Bonchev–Trinajstić information content (AvgIpc) is 2.98. The number of nitrogen functional groups attached to an aromatic ring is 1. The molecular formula is C10H13FN2O2S. The van der Waals surface area contributed by atoms with E-state index < -0.39 is 15.8 Å². The molecule has 0 unspecified atom stereocenters. The molecule has 1 aromatic carbocycles. The molecule has 4 nitrogen and oxygen atoms in total. The van der Waals surface area contributed by atoms with Crippen LogP contribution in [0.2, 0.25) is 0 Å². The van der Waals surface area contributed by atoms with Crippen molar-refractivity contribution in [1.29, 1.82) is 0 Å². The lowest BCUT2D eigenvalue weighted by molar-refractivity contribution is 0.458. The summed E-state index contributed by atoms with van der Waals surface area (Å²) in [7, 11) is -2.25. The van der Waals surface area contributed by atoms with Crippen molar-refractivity contribution in [2.45, 2.75) is 23.8 Å². The van der Waals surface area contributed by atoms with Gasteiger partial charge in [-0.3, -0.25) is 0 Å². The fourth-order valence-electron chi connectivity index (χ4n) is 1.52. The molecular weight excluding hydrogens is 231 g/mol. The topological polar surface area (TPSA) is 63.4 Å². The summed E-state index contributed by atoms with van der Waals surface area (Å²) in [6.07, 6.45) is 1.68. The van der Waals surface area contributed by atoms with E-state index in [0.29, 0.717) is 0 Å². The summed E-state index contributed by atoms with van der Waals surface area (Å²) >= 11 is 0. The molecule has 1 aromatic rings. The minimum Gasteiger partial charge on any atom is -0.399 e. The van der Waals surface area contributed by atoms with Gasteiger partial charge in [-0.2, -0.15) is 4.31 Å². The zero-order valence-corrected chi connectivity index (χ0v) is 9.67. The van der Waals surface area contributed by atoms with Crippen LogP contribution in [-0.4, -0.2) is 25.8 Å². The molecule has 0 aliphatic heterocycles. The van der Waals surface area contributed by atoms with E-state index in [1.807, 2.05) is 0 Å². The molecule has 1 aliphatic rings. The molecule has 6 heteroatoms. The smallest absolute Gasteiger partial charge is 0.245 e. The van der Waals surface area contributed by atoms with E-state index in [2.05, 4.69) is 0 Å². The standard InChI is InChI=1S/C10H13FN2O2S/c1-13(8-3-4-8)16(14,15)10-5-2-7(12)6-9(10)11/h2,5-6,8H,3-4,12H2,1H3. The minimum absolute atomic E-state index is 0.0157. The van der Waals surface area contributed by atoms with Gasteiger partial charge in [0.15, 0.2) is 0 Å². The summed E-state index contributed by atoms with van der Waals surface area (Å²) in [5.74, 6) is -0.799. The lowest BCUT2D eigenvalue weighted by Crippen LogP contribution is -2.29. The van der Waals surface area contributed by atoms with Crippen LogP contribution in [0.15, 0.2) is 23.1 Å². The second-order valence-electron chi connectivity index (χ2n) is 3.94. The number of anilines is 1. The Hall–Kier alpha value is -1.14. The number of nitrogens with zero attached hydrogens (tertiary/aromatic N) is 1. The summed E-state index contributed by atoms with van der Waals surface area (Å²) in [4.78, 5) is -0.309. The van der Waals surface area contributed by atoms with E-state index in [1.54, 1.807) is 0 Å². The Morgan fingerprint density at radius 3 is 2.56 bits per heavy atom. The molecule has 1 saturated carbocycles. The van der Waals surface area contributed by atoms with Crippen LogP contribution in [0, 0.1) is 5.82 Å². The van der Waals surface area contributed by atoms with E-state index in [9.17, 15) is 12.8 Å². The number of sulfonamides is 1. The minimum atomic E-state index is -3.72. The molecule has 16 heavy (non-hydrogen) atoms. The van der Waals surface area contributed by atoms with Gasteiger partial charge in [-0.05, 0) is 31.0 Å². The first-order valence-corrected chi connectivity index (χ1v) is 6.40. The van der Waals surface area contributed by atoms with Crippen LogP contribution >= 0.6 is 0 Å². The maximum atomic E-state index is 13.5. The number of benzene rings is 1. The van der Waals surface area contributed by atoms with Crippen molar-refractivity contribution in [3.63, 3.8) is 0 Å². The summed E-state index contributed by atoms with van der Waals surface area (Å²) < 4.78 is 38.7. The Balaban J connectivity index is 2.42. The molecule has 2 N–H and O–H groups in total. The Bertz CT molecular complexity index is 512. The average molecular weight is 244 g/mol. The maximum absolute atomic E-state index is 13.5. The van der Waals surface area contributed by atoms with Crippen molar-refractivity contribution in [1.82, 2.24) is 4.31 Å². The fourth-order valence-corrected chi connectivity index (χ4v) is 2.97. The Kier molecular flexibility index (Phi) is 2.63. The highest BCUT2D eigenvalue weighted by Crippen LogP contribution is 2.31. The lowest BCUT2D eigenvalue weighted by Gasteiger charge is -2.16. The summed E-state index contributed by atoms with van der Waals surface area (Å²) in [5.41, 5.74) is 5.58. The van der Waals surface area contributed by atoms with Gasteiger partial charge >= 0.3 is 0 Å². The lowest BCUT2D eigenvalue weighted by atomic mass is 10.3. The van der Waals surface area contributed by atoms with Crippen molar-refractivity contribution in [3.05, 3.63) is 24.0 Å². The third-order valence-electron chi connectivity index (χ3n) is 2.67. The number of halogens is 1. The molecule has 0 spiro atoms. The van der Waals surface area contributed by atoms with Gasteiger partial charge in [-0.15, -0.1) is 0 Å². The van der Waals surface area contributed by atoms with Gasteiger partial charge in [-0.1, -0.05) is 0 Å². The summed E-state index contributed by atoms with van der Waals surface area (Å²) in [6.45, 7) is 0. The fraction of sp³-hybridized carbons (Fsp3) is 0.400. The Morgan fingerprint density at radius 1 is 1.44 bits per heavy atom. The largest absolute Gasteiger partial charge is 0.399 e. The number of hydrogen-bond acceptors (Lipinski definition) is 3. The predicted molar refractivity (Wildman–Crippen MR) is 58.8 cm³/mol. The highest BCUT2D eigenvalue weighted by molar-refractivity contribution is 7.89. The van der Waals surface area contributed by atoms with Gasteiger partial charge in [0.05, 0.1) is 0 Å². The van der Waals surface area contributed by atoms with E-state index in [0.717, 1.165) is 18.9 Å². The first-order chi connectivity index (χ1) is 7.43. The van der Waals surface area contributed by atoms with Gasteiger partial charge in [0.2, 0.25) is 10.0 Å². The van der Waals surface area contributed by atoms with Crippen LogP contribution in [-0.2, 0) is 10.0 Å². The van der Waals surface area contributed by atoms with Crippen LogP contribution in [0.1, 0.15) is 12.8 Å². The molecule has 88 valence electrons. The molecule has 1 fully saturated rings. The highest BCUT2D eigenvalue weighted by Gasteiger charge is 2.36. The molecule has 0 heterocycles. The van der Waals surface area contributed by atoms with Crippen molar-refractivity contribution in [3.8, 4) is 0 Å². The first kappa shape index (κ1) is 11.3. The van der Waals surface area contributed by atoms with E-state index in [1.165, 1.54) is 23.5 Å². The molecule has 2 rings (SSSR count). The van der Waals surface area contributed by atoms with Crippen molar-refractivity contribution >= 4 is 15.7 Å². The second-order valence-corrected chi connectivity index (χ2v) is 5.91. The number of nitrogens with two attached hydrogens (primary N) is 1. The normalized spacial score (nSPS) is 16.7. The van der Waals surface area contributed by atoms with Crippen LogP contribution < -0.4 is 5.73 Å². The van der Waals surface area contributed by atoms with Crippen molar-refractivity contribution in [2.75, 3.05) is 12.8 Å². The number of rotatable bonds is 3. The van der Waals surface area contributed by atoms with E-state index in [-0.39, 0.29) is 16.6 Å². The van der Waals surface area contributed by atoms with Crippen molar-refractivity contribution < 1.29 is 12.8 Å². The molecule has 1 aliphatic carbocycles. The zero-order chi connectivity index (χ0) is 11.9. The quantitative estimate of drug-likeness (QED) is 0.812. The van der Waals surface area contributed by atoms with E-state index in [4.69, 9.17) is 5.73 Å². The molecule has 0 bridgehead atoms. The van der Waals surface area contributed by atoms with Gasteiger partial charge in [0.1, 0.15) is 10.7 Å².